The van der Waals surface area contributed by atoms with Crippen LogP contribution >= 0.6 is 15.9 Å². The molecule has 0 radical (unpaired) electrons. The molecule has 1 aliphatic heterocycles. The predicted molar refractivity (Wildman–Crippen MR) is 82.6 cm³/mol. The summed E-state index contributed by atoms with van der Waals surface area (Å²) in [6, 6.07) is 0. The standard InChI is InChI=1S/C13H20BrN5O/c1-2-16-12-11(14)13(18-8-17-12)19-5-3-9(4-6-19)7-10(15)20/h8-9H,2-7H2,1H3,(H2,15,20)(H,16,17,18). The molecular weight excluding hydrogens is 322 g/mol. The predicted octanol–water partition coefficient (Wildman–Crippen LogP) is 1.76. The third-order valence-electron chi connectivity index (χ3n) is 3.52. The second kappa shape index (κ2) is 6.88. The SMILES string of the molecule is CCNc1ncnc(N2CCC(CC(N)=O)CC2)c1Br. The second-order valence-electron chi connectivity index (χ2n) is 4.99. The van der Waals surface area contributed by atoms with Gasteiger partial charge in [0.1, 0.15) is 22.4 Å². The minimum Gasteiger partial charge on any atom is -0.370 e. The number of hydrogen-bond donors (Lipinski definition) is 2. The Morgan fingerprint density at radius 3 is 2.80 bits per heavy atom. The summed E-state index contributed by atoms with van der Waals surface area (Å²) in [7, 11) is 0. The van der Waals surface area contributed by atoms with Crippen LogP contribution in [0.4, 0.5) is 11.6 Å². The lowest BCUT2D eigenvalue weighted by Crippen LogP contribution is -2.35. The first-order chi connectivity index (χ1) is 9.61. The highest BCUT2D eigenvalue weighted by Crippen LogP contribution is 2.32. The third kappa shape index (κ3) is 3.59. The van der Waals surface area contributed by atoms with Gasteiger partial charge in [-0.1, -0.05) is 0 Å². The summed E-state index contributed by atoms with van der Waals surface area (Å²) in [5.41, 5.74) is 5.26. The molecule has 0 spiro atoms. The molecule has 110 valence electrons. The van der Waals surface area contributed by atoms with E-state index < -0.39 is 0 Å². The molecule has 2 heterocycles. The van der Waals surface area contributed by atoms with Crippen molar-refractivity contribution >= 4 is 33.5 Å². The van der Waals surface area contributed by atoms with Crippen molar-refractivity contribution in [1.82, 2.24) is 9.97 Å². The van der Waals surface area contributed by atoms with E-state index in [-0.39, 0.29) is 5.91 Å². The number of carbonyl (C=O) groups is 1. The molecule has 1 aliphatic rings. The normalized spacial score (nSPS) is 16.2. The summed E-state index contributed by atoms with van der Waals surface area (Å²) < 4.78 is 0.898. The summed E-state index contributed by atoms with van der Waals surface area (Å²) in [6.07, 6.45) is 4.00. The molecule has 1 saturated heterocycles. The van der Waals surface area contributed by atoms with Gasteiger partial charge in [0, 0.05) is 26.1 Å². The zero-order valence-electron chi connectivity index (χ0n) is 11.6. The number of nitrogens with two attached hydrogens (primary N) is 1. The van der Waals surface area contributed by atoms with Crippen LogP contribution in [0.25, 0.3) is 0 Å². The Bertz CT molecular complexity index is 474. The average molecular weight is 342 g/mol. The van der Waals surface area contributed by atoms with Gasteiger partial charge in [-0.05, 0) is 41.6 Å². The van der Waals surface area contributed by atoms with Crippen LogP contribution < -0.4 is 16.0 Å². The van der Waals surface area contributed by atoms with Crippen LogP contribution in [-0.2, 0) is 4.79 Å². The summed E-state index contributed by atoms with van der Waals surface area (Å²) in [5, 5.41) is 3.20. The Morgan fingerprint density at radius 2 is 2.20 bits per heavy atom. The van der Waals surface area contributed by atoms with Crippen molar-refractivity contribution in [1.29, 1.82) is 0 Å². The molecule has 1 fully saturated rings. The number of amides is 1. The van der Waals surface area contributed by atoms with Crippen LogP contribution in [0.3, 0.4) is 0 Å². The van der Waals surface area contributed by atoms with E-state index in [1.165, 1.54) is 0 Å². The van der Waals surface area contributed by atoms with Crippen LogP contribution in [0.15, 0.2) is 10.8 Å². The maximum Gasteiger partial charge on any atom is 0.217 e. The van der Waals surface area contributed by atoms with Crippen molar-refractivity contribution in [3.8, 4) is 0 Å². The van der Waals surface area contributed by atoms with E-state index in [0.717, 1.165) is 48.6 Å². The van der Waals surface area contributed by atoms with Gasteiger partial charge in [0.25, 0.3) is 0 Å². The van der Waals surface area contributed by atoms with Crippen LogP contribution in [-0.4, -0.2) is 35.5 Å². The largest absolute Gasteiger partial charge is 0.370 e. The lowest BCUT2D eigenvalue weighted by Gasteiger charge is -2.33. The second-order valence-corrected chi connectivity index (χ2v) is 5.78. The fourth-order valence-corrected chi connectivity index (χ4v) is 3.10. The number of rotatable bonds is 5. The highest BCUT2D eigenvalue weighted by atomic mass is 79.9. The molecule has 0 atom stereocenters. The molecule has 0 saturated carbocycles. The molecule has 20 heavy (non-hydrogen) atoms. The highest BCUT2D eigenvalue weighted by Gasteiger charge is 2.23. The van der Waals surface area contributed by atoms with Crippen LogP contribution in [0.5, 0.6) is 0 Å². The number of anilines is 2. The topological polar surface area (TPSA) is 84.1 Å². The number of aromatic nitrogens is 2. The molecule has 7 heteroatoms. The van der Waals surface area contributed by atoms with Crippen molar-refractivity contribution in [3.05, 3.63) is 10.8 Å². The molecule has 0 aromatic carbocycles. The van der Waals surface area contributed by atoms with Crippen LogP contribution in [0, 0.1) is 5.92 Å². The lowest BCUT2D eigenvalue weighted by molar-refractivity contribution is -0.119. The zero-order valence-corrected chi connectivity index (χ0v) is 13.2. The maximum absolute atomic E-state index is 11.0. The van der Waals surface area contributed by atoms with E-state index in [2.05, 4.69) is 36.1 Å². The Balaban J connectivity index is 2.03. The molecule has 1 amide bonds. The molecule has 6 nitrogen and oxygen atoms in total. The fraction of sp³-hybridized carbons (Fsp3) is 0.615. The van der Waals surface area contributed by atoms with E-state index in [1.54, 1.807) is 6.33 Å². The third-order valence-corrected chi connectivity index (χ3v) is 4.25. The number of nitrogens with one attached hydrogen (secondary N) is 1. The van der Waals surface area contributed by atoms with Crippen molar-refractivity contribution in [2.45, 2.75) is 26.2 Å². The number of nitrogens with zero attached hydrogens (tertiary/aromatic N) is 3. The molecule has 3 N–H and O–H groups in total. The highest BCUT2D eigenvalue weighted by molar-refractivity contribution is 9.10. The Morgan fingerprint density at radius 1 is 1.50 bits per heavy atom. The van der Waals surface area contributed by atoms with E-state index in [0.29, 0.717) is 12.3 Å². The Hall–Kier alpha value is -1.37. The molecule has 1 aromatic heterocycles. The quantitative estimate of drug-likeness (QED) is 0.852. The Labute approximate surface area is 127 Å². The molecule has 0 unspecified atom stereocenters. The number of primary amides is 1. The van der Waals surface area contributed by atoms with Crippen LogP contribution in [0.2, 0.25) is 0 Å². The van der Waals surface area contributed by atoms with Crippen molar-refractivity contribution in [2.75, 3.05) is 29.9 Å². The summed E-state index contributed by atoms with van der Waals surface area (Å²) in [5.74, 6) is 1.92. The van der Waals surface area contributed by atoms with Crippen molar-refractivity contribution in [3.63, 3.8) is 0 Å². The van der Waals surface area contributed by atoms with Gasteiger partial charge in [0.2, 0.25) is 5.91 Å². The van der Waals surface area contributed by atoms with Gasteiger partial charge in [0.05, 0.1) is 0 Å². The first-order valence-corrected chi connectivity index (χ1v) is 7.68. The number of halogens is 1. The summed E-state index contributed by atoms with van der Waals surface area (Å²) in [4.78, 5) is 21.8. The molecule has 2 rings (SSSR count). The zero-order chi connectivity index (χ0) is 14.5. The van der Waals surface area contributed by atoms with Gasteiger partial charge in [-0.2, -0.15) is 0 Å². The van der Waals surface area contributed by atoms with E-state index in [1.807, 2.05) is 6.92 Å². The average Bonchev–Trinajstić information content (AvgIpc) is 2.42. The van der Waals surface area contributed by atoms with E-state index >= 15 is 0 Å². The van der Waals surface area contributed by atoms with Gasteiger partial charge >= 0.3 is 0 Å². The first kappa shape index (κ1) is 15.0. The summed E-state index contributed by atoms with van der Waals surface area (Å²) in [6.45, 7) is 4.62. The van der Waals surface area contributed by atoms with Gasteiger partial charge in [-0.3, -0.25) is 4.79 Å². The maximum atomic E-state index is 11.0. The van der Waals surface area contributed by atoms with E-state index in [9.17, 15) is 4.79 Å². The van der Waals surface area contributed by atoms with Gasteiger partial charge < -0.3 is 16.0 Å². The number of carbonyl (C=O) groups excluding carboxylic acids is 1. The molecule has 0 aliphatic carbocycles. The fourth-order valence-electron chi connectivity index (χ4n) is 2.51. The van der Waals surface area contributed by atoms with Crippen LogP contribution in [0.1, 0.15) is 26.2 Å². The van der Waals surface area contributed by atoms with Gasteiger partial charge in [0.15, 0.2) is 0 Å². The lowest BCUT2D eigenvalue weighted by atomic mass is 9.93. The van der Waals surface area contributed by atoms with Gasteiger partial charge in [-0.25, -0.2) is 9.97 Å². The number of piperidine rings is 1. The van der Waals surface area contributed by atoms with Gasteiger partial charge in [-0.15, -0.1) is 0 Å². The van der Waals surface area contributed by atoms with Crippen molar-refractivity contribution < 1.29 is 4.79 Å². The Kier molecular flexibility index (Phi) is 5.17. The monoisotopic (exact) mass is 341 g/mol. The molecule has 0 bridgehead atoms. The molecular formula is C13H20BrN5O. The molecule has 1 aromatic rings. The first-order valence-electron chi connectivity index (χ1n) is 6.89. The minimum atomic E-state index is -0.207. The number of hydrogen-bond acceptors (Lipinski definition) is 5. The smallest absolute Gasteiger partial charge is 0.217 e. The summed E-state index contributed by atoms with van der Waals surface area (Å²) >= 11 is 3.57. The minimum absolute atomic E-state index is 0.207. The van der Waals surface area contributed by atoms with Crippen molar-refractivity contribution in [2.24, 2.45) is 11.7 Å². The van der Waals surface area contributed by atoms with E-state index in [4.69, 9.17) is 5.73 Å².